The van der Waals surface area contributed by atoms with Crippen molar-refractivity contribution < 1.29 is 0 Å². The average molecular weight is 716 g/mol. The Morgan fingerprint density at radius 1 is 0.321 bits per heavy atom. The van der Waals surface area contributed by atoms with Crippen LogP contribution in [0.15, 0.2) is 206 Å². The minimum atomic E-state index is 0.683. The molecular weight excluding hydrogens is 679 g/mol. The van der Waals surface area contributed by atoms with Crippen molar-refractivity contribution in [2.24, 2.45) is 0 Å². The molecule has 0 saturated carbocycles. The zero-order chi connectivity index (χ0) is 37.4. The maximum absolute atomic E-state index is 5.26. The number of rotatable bonds is 7. The Labute approximate surface area is 326 Å². The van der Waals surface area contributed by atoms with Gasteiger partial charge < -0.3 is 4.57 Å². The van der Waals surface area contributed by atoms with Crippen molar-refractivity contribution in [3.8, 4) is 73.0 Å². The van der Waals surface area contributed by atoms with Crippen molar-refractivity contribution in [2.75, 3.05) is 0 Å². The minimum absolute atomic E-state index is 0.683. The molecule has 0 aliphatic heterocycles. The summed E-state index contributed by atoms with van der Waals surface area (Å²) >= 11 is 0. The van der Waals surface area contributed by atoms with E-state index >= 15 is 0 Å². The van der Waals surface area contributed by atoms with Gasteiger partial charge in [0, 0.05) is 33.2 Å². The average Bonchev–Trinajstić information content (AvgIpc) is 3.61. The van der Waals surface area contributed by atoms with Gasteiger partial charge in [-0.2, -0.15) is 0 Å². The third kappa shape index (κ3) is 6.25. The van der Waals surface area contributed by atoms with Crippen LogP contribution in [0.1, 0.15) is 5.56 Å². The number of benzene rings is 8. The highest BCUT2D eigenvalue weighted by molar-refractivity contribution is 6.09. The molecule has 0 bridgehead atoms. The van der Waals surface area contributed by atoms with Gasteiger partial charge in [-0.15, -0.1) is 0 Å². The normalized spacial score (nSPS) is 11.3. The first kappa shape index (κ1) is 33.2. The van der Waals surface area contributed by atoms with E-state index in [0.717, 1.165) is 39.3 Å². The molecule has 8 aromatic carbocycles. The molecular formula is C53H37N3. The van der Waals surface area contributed by atoms with Gasteiger partial charge in [-0.1, -0.05) is 175 Å². The lowest BCUT2D eigenvalue weighted by atomic mass is 9.97. The fourth-order valence-corrected chi connectivity index (χ4v) is 7.86. The van der Waals surface area contributed by atoms with E-state index in [9.17, 15) is 0 Å². The van der Waals surface area contributed by atoms with Crippen LogP contribution in [0.25, 0.3) is 94.8 Å². The number of aromatic nitrogens is 3. The Bertz CT molecular complexity index is 2960. The van der Waals surface area contributed by atoms with Gasteiger partial charge in [-0.3, -0.25) is 0 Å². The zero-order valence-electron chi connectivity index (χ0n) is 31.0. The number of aryl methyl sites for hydroxylation is 1. The maximum atomic E-state index is 5.26. The predicted molar refractivity (Wildman–Crippen MR) is 234 cm³/mol. The van der Waals surface area contributed by atoms with E-state index in [-0.39, 0.29) is 0 Å². The molecule has 0 spiro atoms. The third-order valence-electron chi connectivity index (χ3n) is 10.7. The topological polar surface area (TPSA) is 30.7 Å². The summed E-state index contributed by atoms with van der Waals surface area (Å²) in [5.74, 6) is 0.683. The van der Waals surface area contributed by atoms with Gasteiger partial charge in [0.2, 0.25) is 0 Å². The van der Waals surface area contributed by atoms with E-state index in [0.29, 0.717) is 5.82 Å². The smallest absolute Gasteiger partial charge is 0.160 e. The first-order valence-corrected chi connectivity index (χ1v) is 19.1. The third-order valence-corrected chi connectivity index (χ3v) is 10.7. The second kappa shape index (κ2) is 14.1. The molecule has 0 atom stereocenters. The van der Waals surface area contributed by atoms with Gasteiger partial charge in [0.25, 0.3) is 0 Å². The molecule has 264 valence electrons. The van der Waals surface area contributed by atoms with Crippen LogP contribution >= 0.6 is 0 Å². The monoisotopic (exact) mass is 715 g/mol. The van der Waals surface area contributed by atoms with Crippen LogP contribution < -0.4 is 0 Å². The van der Waals surface area contributed by atoms with Crippen molar-refractivity contribution in [1.82, 2.24) is 14.5 Å². The summed E-state index contributed by atoms with van der Waals surface area (Å²) in [6.07, 6.45) is 0. The van der Waals surface area contributed by atoms with E-state index in [4.69, 9.17) is 9.97 Å². The van der Waals surface area contributed by atoms with Crippen molar-refractivity contribution in [3.05, 3.63) is 212 Å². The maximum Gasteiger partial charge on any atom is 0.160 e. The lowest BCUT2D eigenvalue weighted by Gasteiger charge is -2.13. The summed E-state index contributed by atoms with van der Waals surface area (Å²) in [6.45, 7) is 2.13. The molecule has 0 aliphatic carbocycles. The van der Waals surface area contributed by atoms with Crippen LogP contribution in [-0.2, 0) is 0 Å². The molecule has 0 N–H and O–H groups in total. The molecule has 0 unspecified atom stereocenters. The van der Waals surface area contributed by atoms with E-state index < -0.39 is 0 Å². The van der Waals surface area contributed by atoms with E-state index in [2.05, 4.69) is 218 Å². The van der Waals surface area contributed by atoms with Crippen LogP contribution in [0.3, 0.4) is 0 Å². The highest BCUT2D eigenvalue weighted by atomic mass is 15.0. The SMILES string of the molecule is Cc1cccc(-c2ccc(-c3cc(-c4ccc(-c5cccc(-c6ccccc6)c5)cc4)nc(-c4cccc(-n5c6ccccc6c6ccccc65)c4)n3)cc2)c1. The fraction of sp³-hybridized carbons (Fsp3) is 0.0189. The molecule has 0 amide bonds. The van der Waals surface area contributed by atoms with Gasteiger partial charge in [-0.25, -0.2) is 9.97 Å². The molecule has 3 heteroatoms. The van der Waals surface area contributed by atoms with Gasteiger partial charge in [0.1, 0.15) is 0 Å². The second-order valence-electron chi connectivity index (χ2n) is 14.4. The van der Waals surface area contributed by atoms with Gasteiger partial charge in [0.05, 0.1) is 22.4 Å². The summed E-state index contributed by atoms with van der Waals surface area (Å²) in [6, 6.07) is 73.3. The standard InChI is InChI=1S/C53H37N3/c1-36-12-9-15-42(32-36)38-24-28-40(29-25-38)49-35-50(41-30-26-39(27-31-41)44-17-10-16-43(33-44)37-13-3-2-4-14-37)55-53(54-49)45-18-11-19-46(34-45)56-51-22-7-5-20-47(51)48-21-6-8-23-52(48)56/h2-35H,1H3. The predicted octanol–water partition coefficient (Wildman–Crippen LogP) is 13.9. The minimum Gasteiger partial charge on any atom is -0.309 e. The number of fused-ring (bicyclic) bond motifs is 3. The van der Waals surface area contributed by atoms with Gasteiger partial charge >= 0.3 is 0 Å². The van der Waals surface area contributed by atoms with Crippen molar-refractivity contribution in [2.45, 2.75) is 6.92 Å². The Hall–Kier alpha value is -7.36. The Morgan fingerprint density at radius 3 is 1.36 bits per heavy atom. The molecule has 0 radical (unpaired) electrons. The van der Waals surface area contributed by atoms with Crippen molar-refractivity contribution >= 4 is 21.8 Å². The molecule has 2 aromatic heterocycles. The molecule has 2 heterocycles. The highest BCUT2D eigenvalue weighted by Crippen LogP contribution is 2.35. The zero-order valence-corrected chi connectivity index (χ0v) is 31.0. The van der Waals surface area contributed by atoms with E-state index in [1.54, 1.807) is 0 Å². The molecule has 3 nitrogen and oxygen atoms in total. The lowest BCUT2D eigenvalue weighted by molar-refractivity contribution is 1.16. The quantitative estimate of drug-likeness (QED) is 0.164. The van der Waals surface area contributed by atoms with Gasteiger partial charge in [-0.05, 0) is 76.7 Å². The Kier molecular flexibility index (Phi) is 8.38. The van der Waals surface area contributed by atoms with Crippen LogP contribution in [0.2, 0.25) is 0 Å². The van der Waals surface area contributed by atoms with Crippen LogP contribution in [0, 0.1) is 6.92 Å². The van der Waals surface area contributed by atoms with Crippen LogP contribution in [-0.4, -0.2) is 14.5 Å². The summed E-state index contributed by atoms with van der Waals surface area (Å²) in [5.41, 5.74) is 16.6. The molecule has 10 rings (SSSR count). The number of nitrogens with zero attached hydrogens (tertiary/aromatic N) is 3. The summed E-state index contributed by atoms with van der Waals surface area (Å²) in [7, 11) is 0. The molecule has 10 aromatic rings. The van der Waals surface area contributed by atoms with Gasteiger partial charge in [0.15, 0.2) is 5.82 Å². The first-order valence-electron chi connectivity index (χ1n) is 19.1. The summed E-state index contributed by atoms with van der Waals surface area (Å²) in [5, 5.41) is 2.47. The number of hydrogen-bond acceptors (Lipinski definition) is 2. The number of hydrogen-bond donors (Lipinski definition) is 0. The molecule has 0 saturated heterocycles. The molecule has 0 aliphatic rings. The Balaban J connectivity index is 1.07. The van der Waals surface area contributed by atoms with E-state index in [1.807, 2.05) is 0 Å². The van der Waals surface area contributed by atoms with Crippen LogP contribution in [0.5, 0.6) is 0 Å². The summed E-state index contributed by atoms with van der Waals surface area (Å²) < 4.78 is 2.34. The lowest BCUT2D eigenvalue weighted by Crippen LogP contribution is -1.98. The van der Waals surface area contributed by atoms with E-state index in [1.165, 1.54) is 55.2 Å². The summed E-state index contributed by atoms with van der Waals surface area (Å²) in [4.78, 5) is 10.5. The van der Waals surface area contributed by atoms with Crippen molar-refractivity contribution in [3.63, 3.8) is 0 Å². The molecule has 56 heavy (non-hydrogen) atoms. The highest BCUT2D eigenvalue weighted by Gasteiger charge is 2.15. The first-order chi connectivity index (χ1) is 27.6. The Morgan fingerprint density at radius 2 is 0.768 bits per heavy atom. The largest absolute Gasteiger partial charge is 0.309 e. The van der Waals surface area contributed by atoms with Crippen molar-refractivity contribution in [1.29, 1.82) is 0 Å². The fourth-order valence-electron chi connectivity index (χ4n) is 7.86. The van der Waals surface area contributed by atoms with Crippen LogP contribution in [0.4, 0.5) is 0 Å². The second-order valence-corrected chi connectivity index (χ2v) is 14.4. The molecule has 0 fully saturated rings. The number of para-hydroxylation sites is 2.